The van der Waals surface area contributed by atoms with Crippen LogP contribution in [0.15, 0.2) is 0 Å². The maximum Gasteiger partial charge on any atom is 0.409 e. The molecule has 1 rings (SSSR count). The van der Waals surface area contributed by atoms with E-state index in [1.54, 1.807) is 9.80 Å². The van der Waals surface area contributed by atoms with Crippen molar-refractivity contribution in [3.63, 3.8) is 0 Å². The first-order valence-corrected chi connectivity index (χ1v) is 5.98. The third kappa shape index (κ3) is 3.37. The molecular formula is C9H15BrN2O3. The summed E-state index contributed by atoms with van der Waals surface area (Å²) in [6, 6.07) is 0. The summed E-state index contributed by atoms with van der Waals surface area (Å²) in [6.45, 7) is 2.31. The van der Waals surface area contributed by atoms with Crippen LogP contribution in [-0.4, -0.2) is 60.4 Å². The molecule has 0 aromatic rings. The standard InChI is InChI=1S/C9H15BrN2O3/c1-15-9(14)12-6-4-11(5-7-12)8(13)2-3-10/h2-7H2,1H3. The molecule has 0 aliphatic carbocycles. The molecule has 0 unspecified atom stereocenters. The van der Waals surface area contributed by atoms with Crippen molar-refractivity contribution in [3.05, 3.63) is 0 Å². The maximum absolute atomic E-state index is 11.5. The highest BCUT2D eigenvalue weighted by Crippen LogP contribution is 2.05. The van der Waals surface area contributed by atoms with Crippen molar-refractivity contribution < 1.29 is 14.3 Å². The summed E-state index contributed by atoms with van der Waals surface area (Å²) in [4.78, 5) is 26.1. The fraction of sp³-hybridized carbons (Fsp3) is 0.778. The number of piperazine rings is 1. The van der Waals surface area contributed by atoms with Gasteiger partial charge >= 0.3 is 6.09 Å². The van der Waals surface area contributed by atoms with Gasteiger partial charge in [0.1, 0.15) is 0 Å². The Morgan fingerprint density at radius 2 is 1.73 bits per heavy atom. The minimum Gasteiger partial charge on any atom is -0.453 e. The summed E-state index contributed by atoms with van der Waals surface area (Å²) in [5, 5.41) is 0.684. The number of hydrogen-bond donors (Lipinski definition) is 0. The number of alkyl halides is 1. The van der Waals surface area contributed by atoms with Gasteiger partial charge in [-0.25, -0.2) is 4.79 Å². The highest BCUT2D eigenvalue weighted by Gasteiger charge is 2.23. The number of hydrogen-bond acceptors (Lipinski definition) is 3. The molecular weight excluding hydrogens is 264 g/mol. The van der Waals surface area contributed by atoms with E-state index in [-0.39, 0.29) is 12.0 Å². The van der Waals surface area contributed by atoms with Crippen LogP contribution < -0.4 is 0 Å². The number of carbonyl (C=O) groups is 2. The van der Waals surface area contributed by atoms with Crippen molar-refractivity contribution in [1.29, 1.82) is 0 Å². The van der Waals surface area contributed by atoms with Gasteiger partial charge in [0.15, 0.2) is 0 Å². The summed E-state index contributed by atoms with van der Waals surface area (Å²) >= 11 is 3.23. The lowest BCUT2D eigenvalue weighted by atomic mass is 10.3. The third-order valence-electron chi connectivity index (χ3n) is 2.37. The average Bonchev–Trinajstić information content (AvgIpc) is 2.28. The number of ether oxygens (including phenoxy) is 1. The number of rotatable bonds is 2. The zero-order valence-corrected chi connectivity index (χ0v) is 10.3. The normalized spacial score (nSPS) is 16.4. The number of amides is 2. The van der Waals surface area contributed by atoms with E-state index < -0.39 is 0 Å². The number of nitrogens with zero attached hydrogens (tertiary/aromatic N) is 2. The fourth-order valence-electron chi connectivity index (χ4n) is 1.51. The summed E-state index contributed by atoms with van der Waals surface area (Å²) in [7, 11) is 1.37. The lowest BCUT2D eigenvalue weighted by molar-refractivity contribution is -0.132. The van der Waals surface area contributed by atoms with E-state index in [0.29, 0.717) is 37.9 Å². The molecule has 1 fully saturated rings. The average molecular weight is 279 g/mol. The number of methoxy groups -OCH3 is 1. The monoisotopic (exact) mass is 278 g/mol. The molecule has 5 nitrogen and oxygen atoms in total. The highest BCUT2D eigenvalue weighted by molar-refractivity contribution is 9.09. The largest absolute Gasteiger partial charge is 0.453 e. The molecule has 0 aromatic heterocycles. The van der Waals surface area contributed by atoms with Gasteiger partial charge in [-0.2, -0.15) is 0 Å². The van der Waals surface area contributed by atoms with E-state index in [9.17, 15) is 9.59 Å². The topological polar surface area (TPSA) is 49.9 Å². The molecule has 0 aromatic carbocycles. The molecule has 0 N–H and O–H groups in total. The van der Waals surface area contributed by atoms with Crippen LogP contribution in [0.3, 0.4) is 0 Å². The van der Waals surface area contributed by atoms with Crippen molar-refractivity contribution >= 4 is 27.9 Å². The molecule has 1 aliphatic heterocycles. The first-order valence-electron chi connectivity index (χ1n) is 4.85. The molecule has 0 bridgehead atoms. The Morgan fingerprint density at radius 1 is 1.20 bits per heavy atom. The molecule has 15 heavy (non-hydrogen) atoms. The molecule has 0 spiro atoms. The Hall–Kier alpha value is -0.780. The minimum absolute atomic E-state index is 0.136. The van der Waals surface area contributed by atoms with Crippen LogP contribution in [0, 0.1) is 0 Å². The van der Waals surface area contributed by atoms with E-state index in [1.165, 1.54) is 7.11 Å². The predicted molar refractivity (Wildman–Crippen MR) is 59.0 cm³/mol. The SMILES string of the molecule is COC(=O)N1CCN(C(=O)CCBr)CC1. The summed E-state index contributed by atoms with van der Waals surface area (Å²) in [5.41, 5.74) is 0. The van der Waals surface area contributed by atoms with Crippen molar-refractivity contribution in [3.8, 4) is 0 Å². The van der Waals surface area contributed by atoms with Crippen molar-refractivity contribution in [1.82, 2.24) is 9.80 Å². The first-order chi connectivity index (χ1) is 7.19. The van der Waals surface area contributed by atoms with Crippen LogP contribution in [0.2, 0.25) is 0 Å². The molecule has 6 heteroatoms. The van der Waals surface area contributed by atoms with Crippen LogP contribution in [-0.2, 0) is 9.53 Å². The van der Waals surface area contributed by atoms with Crippen LogP contribution in [0.1, 0.15) is 6.42 Å². The van der Waals surface area contributed by atoms with Gasteiger partial charge in [-0.05, 0) is 0 Å². The van der Waals surface area contributed by atoms with Gasteiger partial charge < -0.3 is 14.5 Å². The lowest BCUT2D eigenvalue weighted by Crippen LogP contribution is -2.50. The second-order valence-corrected chi connectivity index (χ2v) is 4.07. The van der Waals surface area contributed by atoms with Gasteiger partial charge in [0, 0.05) is 37.9 Å². The van der Waals surface area contributed by atoms with Gasteiger partial charge in [0.05, 0.1) is 7.11 Å². The van der Waals surface area contributed by atoms with E-state index in [2.05, 4.69) is 20.7 Å². The van der Waals surface area contributed by atoms with E-state index >= 15 is 0 Å². The van der Waals surface area contributed by atoms with E-state index in [0.717, 1.165) is 0 Å². The molecule has 1 saturated heterocycles. The maximum atomic E-state index is 11.5. The summed E-state index contributed by atoms with van der Waals surface area (Å²) in [6.07, 6.45) is 0.195. The third-order valence-corrected chi connectivity index (χ3v) is 2.77. The molecule has 2 amide bonds. The molecule has 0 saturated carbocycles. The Bertz CT molecular complexity index is 240. The van der Waals surface area contributed by atoms with Gasteiger partial charge in [0.25, 0.3) is 0 Å². The van der Waals surface area contributed by atoms with Gasteiger partial charge in [0.2, 0.25) is 5.91 Å². The van der Waals surface area contributed by atoms with E-state index in [1.807, 2.05) is 0 Å². The molecule has 1 aliphatic rings. The predicted octanol–water partition coefficient (Wildman–Crippen LogP) is 0.682. The Balaban J connectivity index is 2.35. The van der Waals surface area contributed by atoms with Crippen LogP contribution in [0.5, 0.6) is 0 Å². The Kier molecular flexibility index (Phi) is 4.87. The molecule has 1 heterocycles. The second kappa shape index (κ2) is 5.95. The fourth-order valence-corrected chi connectivity index (χ4v) is 1.85. The van der Waals surface area contributed by atoms with Crippen LogP contribution in [0.4, 0.5) is 4.79 Å². The lowest BCUT2D eigenvalue weighted by Gasteiger charge is -2.33. The van der Waals surface area contributed by atoms with E-state index in [4.69, 9.17) is 0 Å². The zero-order chi connectivity index (χ0) is 11.3. The first kappa shape index (κ1) is 12.3. The Labute approximate surface area is 97.5 Å². The smallest absolute Gasteiger partial charge is 0.409 e. The Morgan fingerprint density at radius 3 is 2.20 bits per heavy atom. The molecule has 0 radical (unpaired) electrons. The van der Waals surface area contributed by atoms with Crippen molar-refractivity contribution in [2.75, 3.05) is 38.6 Å². The number of halogens is 1. The zero-order valence-electron chi connectivity index (χ0n) is 8.74. The van der Waals surface area contributed by atoms with Gasteiger partial charge in [-0.1, -0.05) is 15.9 Å². The van der Waals surface area contributed by atoms with Crippen LogP contribution in [0.25, 0.3) is 0 Å². The highest BCUT2D eigenvalue weighted by atomic mass is 79.9. The van der Waals surface area contributed by atoms with Gasteiger partial charge in [-0.15, -0.1) is 0 Å². The van der Waals surface area contributed by atoms with Crippen LogP contribution >= 0.6 is 15.9 Å². The van der Waals surface area contributed by atoms with Crippen molar-refractivity contribution in [2.45, 2.75) is 6.42 Å². The second-order valence-electron chi connectivity index (χ2n) is 3.28. The quantitative estimate of drug-likeness (QED) is 0.698. The van der Waals surface area contributed by atoms with Crippen molar-refractivity contribution in [2.24, 2.45) is 0 Å². The molecule has 86 valence electrons. The summed E-state index contributed by atoms with van der Waals surface area (Å²) < 4.78 is 4.61. The summed E-state index contributed by atoms with van der Waals surface area (Å²) in [5.74, 6) is 0.136. The minimum atomic E-state index is -0.317. The number of carbonyl (C=O) groups excluding carboxylic acids is 2. The molecule has 0 atom stereocenters. The van der Waals surface area contributed by atoms with Gasteiger partial charge in [-0.3, -0.25) is 4.79 Å².